The van der Waals surface area contributed by atoms with Gasteiger partial charge in [-0.25, -0.2) is 4.98 Å². The van der Waals surface area contributed by atoms with Crippen LogP contribution in [0.2, 0.25) is 0 Å². The van der Waals surface area contributed by atoms with Crippen molar-refractivity contribution in [2.75, 3.05) is 11.9 Å². The minimum atomic E-state index is -0.547. The van der Waals surface area contributed by atoms with Crippen LogP contribution >= 0.6 is 0 Å². The monoisotopic (exact) mass is 260 g/mol. The summed E-state index contributed by atoms with van der Waals surface area (Å²) in [6.45, 7) is 0.683. The van der Waals surface area contributed by atoms with Gasteiger partial charge in [-0.05, 0) is 24.8 Å². The molecule has 1 N–H and O–H groups in total. The highest BCUT2D eigenvalue weighted by Gasteiger charge is 2.22. The van der Waals surface area contributed by atoms with E-state index in [1.165, 1.54) is 31.5 Å². The molecular formula is C13H16N4O2. The van der Waals surface area contributed by atoms with Crippen molar-refractivity contribution in [3.05, 3.63) is 27.9 Å². The quantitative estimate of drug-likeness (QED) is 0.663. The molecule has 1 aliphatic rings. The van der Waals surface area contributed by atoms with Gasteiger partial charge in [0.1, 0.15) is 11.6 Å². The number of nitrogens with one attached hydrogen (secondary N) is 1. The van der Waals surface area contributed by atoms with Gasteiger partial charge in [0, 0.05) is 12.7 Å². The SMILES string of the molecule is N#Cc1ccnc(NCC2CCCCC2)c1[N+](=O)[O-]. The van der Waals surface area contributed by atoms with E-state index in [2.05, 4.69) is 10.3 Å². The molecule has 0 saturated heterocycles. The van der Waals surface area contributed by atoms with Crippen molar-refractivity contribution in [2.24, 2.45) is 5.92 Å². The van der Waals surface area contributed by atoms with E-state index < -0.39 is 4.92 Å². The molecule has 0 amide bonds. The Kier molecular flexibility index (Phi) is 4.29. The molecular weight excluding hydrogens is 244 g/mol. The number of aromatic nitrogens is 1. The van der Waals surface area contributed by atoms with Crippen LogP contribution in [0.5, 0.6) is 0 Å². The topological polar surface area (TPSA) is 91.8 Å². The summed E-state index contributed by atoms with van der Waals surface area (Å²) in [7, 11) is 0. The zero-order chi connectivity index (χ0) is 13.7. The molecule has 0 radical (unpaired) electrons. The number of hydrogen-bond acceptors (Lipinski definition) is 5. The first-order valence-electron chi connectivity index (χ1n) is 6.49. The third-order valence-electron chi connectivity index (χ3n) is 3.51. The van der Waals surface area contributed by atoms with Crippen molar-refractivity contribution in [1.82, 2.24) is 4.98 Å². The van der Waals surface area contributed by atoms with E-state index in [1.54, 1.807) is 0 Å². The number of anilines is 1. The minimum absolute atomic E-state index is 0.0474. The van der Waals surface area contributed by atoms with Gasteiger partial charge in [0.2, 0.25) is 5.82 Å². The van der Waals surface area contributed by atoms with Crippen molar-refractivity contribution in [1.29, 1.82) is 5.26 Å². The van der Waals surface area contributed by atoms with Crippen molar-refractivity contribution < 1.29 is 4.92 Å². The van der Waals surface area contributed by atoms with Crippen LogP contribution in [-0.2, 0) is 0 Å². The van der Waals surface area contributed by atoms with E-state index in [9.17, 15) is 10.1 Å². The first kappa shape index (κ1) is 13.3. The van der Waals surface area contributed by atoms with Gasteiger partial charge < -0.3 is 5.32 Å². The summed E-state index contributed by atoms with van der Waals surface area (Å²) < 4.78 is 0. The summed E-state index contributed by atoms with van der Waals surface area (Å²) in [4.78, 5) is 14.5. The summed E-state index contributed by atoms with van der Waals surface area (Å²) in [6.07, 6.45) is 7.45. The smallest absolute Gasteiger partial charge is 0.328 e. The summed E-state index contributed by atoms with van der Waals surface area (Å²) >= 11 is 0. The molecule has 1 heterocycles. The summed E-state index contributed by atoms with van der Waals surface area (Å²) in [5.41, 5.74) is -0.174. The van der Waals surface area contributed by atoms with E-state index in [-0.39, 0.29) is 17.1 Å². The molecule has 0 unspecified atom stereocenters. The molecule has 0 bridgehead atoms. The molecule has 6 nitrogen and oxygen atoms in total. The van der Waals surface area contributed by atoms with E-state index in [1.807, 2.05) is 6.07 Å². The maximum absolute atomic E-state index is 11.0. The van der Waals surface area contributed by atoms with E-state index in [0.717, 1.165) is 12.8 Å². The lowest BCUT2D eigenvalue weighted by molar-refractivity contribution is -0.384. The Hall–Kier alpha value is -2.16. The first-order valence-corrected chi connectivity index (χ1v) is 6.49. The third-order valence-corrected chi connectivity index (χ3v) is 3.51. The lowest BCUT2D eigenvalue weighted by atomic mass is 9.89. The van der Waals surface area contributed by atoms with Gasteiger partial charge in [0.25, 0.3) is 0 Å². The first-order chi connectivity index (χ1) is 9.22. The van der Waals surface area contributed by atoms with Gasteiger partial charge in [-0.3, -0.25) is 10.1 Å². The largest absolute Gasteiger partial charge is 0.364 e. The second-order valence-corrected chi connectivity index (χ2v) is 4.81. The Balaban J connectivity index is 2.11. The Morgan fingerprint density at radius 2 is 2.21 bits per heavy atom. The number of nitriles is 1. The second kappa shape index (κ2) is 6.14. The highest BCUT2D eigenvalue weighted by atomic mass is 16.6. The Bertz CT molecular complexity index is 504. The van der Waals surface area contributed by atoms with Gasteiger partial charge in [-0.2, -0.15) is 5.26 Å². The predicted octanol–water partition coefficient (Wildman–Crippen LogP) is 2.85. The molecule has 0 atom stereocenters. The average Bonchev–Trinajstić information content (AvgIpc) is 2.45. The van der Waals surface area contributed by atoms with Crippen LogP contribution in [0, 0.1) is 27.4 Å². The summed E-state index contributed by atoms with van der Waals surface area (Å²) in [5.74, 6) is 0.746. The van der Waals surface area contributed by atoms with Gasteiger partial charge in [-0.15, -0.1) is 0 Å². The Morgan fingerprint density at radius 3 is 2.84 bits per heavy atom. The van der Waals surface area contributed by atoms with Crippen LogP contribution in [0.3, 0.4) is 0 Å². The highest BCUT2D eigenvalue weighted by molar-refractivity contribution is 5.64. The van der Waals surface area contributed by atoms with E-state index in [4.69, 9.17) is 5.26 Å². The Morgan fingerprint density at radius 1 is 1.47 bits per heavy atom. The highest BCUT2D eigenvalue weighted by Crippen LogP contribution is 2.28. The van der Waals surface area contributed by atoms with Gasteiger partial charge in [-0.1, -0.05) is 19.3 Å². The maximum Gasteiger partial charge on any atom is 0.328 e. The fraction of sp³-hybridized carbons (Fsp3) is 0.538. The van der Waals surface area contributed by atoms with E-state index >= 15 is 0 Å². The Labute approximate surface area is 111 Å². The summed E-state index contributed by atoms with van der Waals surface area (Å²) in [5, 5.41) is 23.0. The van der Waals surface area contributed by atoms with Gasteiger partial charge in [0.15, 0.2) is 0 Å². The number of nitrogens with zero attached hydrogens (tertiary/aromatic N) is 3. The number of rotatable bonds is 4. The van der Waals surface area contributed by atoms with Crippen LogP contribution in [0.4, 0.5) is 11.5 Å². The molecule has 1 aliphatic carbocycles. The lowest BCUT2D eigenvalue weighted by Crippen LogP contribution is -2.18. The molecule has 1 aromatic rings. The zero-order valence-corrected chi connectivity index (χ0v) is 10.6. The third kappa shape index (κ3) is 3.19. The van der Waals surface area contributed by atoms with Crippen LogP contribution in [0.1, 0.15) is 37.7 Å². The van der Waals surface area contributed by atoms with Crippen molar-refractivity contribution in [2.45, 2.75) is 32.1 Å². The second-order valence-electron chi connectivity index (χ2n) is 4.81. The molecule has 1 saturated carbocycles. The van der Waals surface area contributed by atoms with Gasteiger partial charge in [0.05, 0.1) is 4.92 Å². The maximum atomic E-state index is 11.0. The van der Waals surface area contributed by atoms with Crippen molar-refractivity contribution in [3.63, 3.8) is 0 Å². The van der Waals surface area contributed by atoms with E-state index in [0.29, 0.717) is 12.5 Å². The number of hydrogen-bond donors (Lipinski definition) is 1. The summed E-state index contributed by atoms with van der Waals surface area (Å²) in [6, 6.07) is 3.20. The molecule has 6 heteroatoms. The number of pyridine rings is 1. The molecule has 0 aliphatic heterocycles. The standard InChI is InChI=1S/C13H16N4O2/c14-8-11-6-7-15-13(12(11)17(18)19)16-9-10-4-2-1-3-5-10/h6-7,10H,1-5,9H2,(H,15,16). The normalized spacial score (nSPS) is 15.7. The molecule has 2 rings (SSSR count). The molecule has 1 aromatic heterocycles. The fourth-order valence-corrected chi connectivity index (χ4v) is 2.49. The lowest BCUT2D eigenvalue weighted by Gasteiger charge is -2.21. The molecule has 19 heavy (non-hydrogen) atoms. The average molecular weight is 260 g/mol. The van der Waals surface area contributed by atoms with Gasteiger partial charge >= 0.3 is 5.69 Å². The zero-order valence-electron chi connectivity index (χ0n) is 10.6. The van der Waals surface area contributed by atoms with Crippen molar-refractivity contribution >= 4 is 11.5 Å². The minimum Gasteiger partial charge on any atom is -0.364 e. The molecule has 100 valence electrons. The molecule has 0 spiro atoms. The van der Waals surface area contributed by atoms with Crippen LogP contribution in [-0.4, -0.2) is 16.5 Å². The van der Waals surface area contributed by atoms with Crippen molar-refractivity contribution in [3.8, 4) is 6.07 Å². The van der Waals surface area contributed by atoms with Crippen LogP contribution < -0.4 is 5.32 Å². The predicted molar refractivity (Wildman–Crippen MR) is 70.7 cm³/mol. The molecule has 1 fully saturated rings. The fourth-order valence-electron chi connectivity index (χ4n) is 2.49. The van der Waals surface area contributed by atoms with Crippen LogP contribution in [0.25, 0.3) is 0 Å². The van der Waals surface area contributed by atoms with Crippen LogP contribution in [0.15, 0.2) is 12.3 Å². The number of nitro groups is 1. The molecule has 0 aromatic carbocycles.